The van der Waals surface area contributed by atoms with E-state index in [-0.39, 0.29) is 18.2 Å². The van der Waals surface area contributed by atoms with Crippen molar-refractivity contribution in [2.45, 2.75) is 25.0 Å². The van der Waals surface area contributed by atoms with Gasteiger partial charge in [0.15, 0.2) is 5.17 Å². The summed E-state index contributed by atoms with van der Waals surface area (Å²) in [5.74, 6) is 0.185. The molecule has 1 saturated heterocycles. The van der Waals surface area contributed by atoms with Crippen molar-refractivity contribution in [3.63, 3.8) is 0 Å². The first-order valence-electron chi connectivity index (χ1n) is 9.75. The van der Waals surface area contributed by atoms with Crippen LogP contribution in [0.25, 0.3) is 0 Å². The van der Waals surface area contributed by atoms with Crippen LogP contribution < -0.4 is 10.1 Å². The number of anilines is 1. The van der Waals surface area contributed by atoms with Crippen molar-refractivity contribution in [1.82, 2.24) is 4.90 Å². The zero-order valence-corrected chi connectivity index (χ0v) is 17.9. The molecule has 1 N–H and O–H groups in total. The van der Waals surface area contributed by atoms with Crippen molar-refractivity contribution in [2.24, 2.45) is 4.99 Å². The number of methoxy groups -OCH3 is 1. The SMILES string of the molecule is C=CCN1C(=O)[C@H](CC(=O)Nc2ccccc2OC)SC1=Nc1ccccc1CC. The fourth-order valence-electron chi connectivity index (χ4n) is 3.16. The Hall–Kier alpha value is -3.06. The number of hydrogen-bond acceptors (Lipinski definition) is 5. The molecule has 1 aliphatic heterocycles. The van der Waals surface area contributed by atoms with Gasteiger partial charge in [0, 0.05) is 13.0 Å². The molecule has 2 aromatic carbocycles. The van der Waals surface area contributed by atoms with Crippen LogP contribution in [-0.4, -0.2) is 40.8 Å². The Morgan fingerprint density at radius 3 is 2.73 bits per heavy atom. The van der Waals surface area contributed by atoms with Crippen LogP contribution in [0.5, 0.6) is 5.75 Å². The summed E-state index contributed by atoms with van der Waals surface area (Å²) in [6.07, 6.45) is 2.55. The maximum Gasteiger partial charge on any atom is 0.242 e. The molecule has 0 radical (unpaired) electrons. The van der Waals surface area contributed by atoms with E-state index in [9.17, 15) is 9.59 Å². The highest BCUT2D eigenvalue weighted by Gasteiger charge is 2.38. The maximum absolute atomic E-state index is 12.9. The molecule has 7 heteroatoms. The van der Waals surface area contributed by atoms with Crippen molar-refractivity contribution in [1.29, 1.82) is 0 Å². The molecule has 6 nitrogen and oxygen atoms in total. The van der Waals surface area contributed by atoms with Gasteiger partial charge in [0.05, 0.1) is 18.5 Å². The third-order valence-corrected chi connectivity index (χ3v) is 5.85. The van der Waals surface area contributed by atoms with Gasteiger partial charge in [-0.2, -0.15) is 0 Å². The van der Waals surface area contributed by atoms with Gasteiger partial charge in [0.2, 0.25) is 11.8 Å². The van der Waals surface area contributed by atoms with Gasteiger partial charge in [-0.1, -0.05) is 55.1 Å². The van der Waals surface area contributed by atoms with Crippen LogP contribution in [0.2, 0.25) is 0 Å². The summed E-state index contributed by atoms with van der Waals surface area (Å²) < 4.78 is 5.27. The zero-order chi connectivity index (χ0) is 21.5. The number of nitrogens with one attached hydrogen (secondary N) is 1. The highest BCUT2D eigenvalue weighted by Crippen LogP contribution is 2.33. The number of carbonyl (C=O) groups is 2. The van der Waals surface area contributed by atoms with Crippen LogP contribution in [0.1, 0.15) is 18.9 Å². The Morgan fingerprint density at radius 2 is 2.00 bits per heavy atom. The summed E-state index contributed by atoms with van der Waals surface area (Å²) in [7, 11) is 1.55. The molecule has 156 valence electrons. The molecule has 1 atom stereocenters. The van der Waals surface area contributed by atoms with E-state index in [0.717, 1.165) is 17.7 Å². The molecule has 0 aliphatic carbocycles. The number of aliphatic imine (C=N–C) groups is 1. The predicted molar refractivity (Wildman–Crippen MR) is 122 cm³/mol. The lowest BCUT2D eigenvalue weighted by Gasteiger charge is -2.14. The first-order chi connectivity index (χ1) is 14.6. The van der Waals surface area contributed by atoms with Gasteiger partial charge < -0.3 is 10.1 Å². The summed E-state index contributed by atoms with van der Waals surface area (Å²) in [6, 6.07) is 15.0. The van der Waals surface area contributed by atoms with Crippen molar-refractivity contribution in [2.75, 3.05) is 19.0 Å². The van der Waals surface area contributed by atoms with E-state index in [4.69, 9.17) is 9.73 Å². The normalized spacial score (nSPS) is 17.3. The lowest BCUT2D eigenvalue weighted by Crippen LogP contribution is -2.33. The Morgan fingerprint density at radius 1 is 1.27 bits per heavy atom. The van der Waals surface area contributed by atoms with Crippen molar-refractivity contribution >= 4 is 40.1 Å². The fraction of sp³-hybridized carbons (Fsp3) is 0.261. The standard InChI is InChI=1S/C23H25N3O3S/c1-4-14-26-22(28)20(15-21(27)24-18-12-8-9-13-19(18)29-3)30-23(26)25-17-11-7-6-10-16(17)5-2/h4,6-13,20H,1,5,14-15H2,2-3H3,(H,24,27)/t20-/m0/s1. The van der Waals surface area contributed by atoms with Gasteiger partial charge in [-0.05, 0) is 30.2 Å². The minimum Gasteiger partial charge on any atom is -0.495 e. The van der Waals surface area contributed by atoms with Gasteiger partial charge in [0.25, 0.3) is 0 Å². The number of para-hydroxylation sites is 3. The van der Waals surface area contributed by atoms with E-state index in [0.29, 0.717) is 23.1 Å². The van der Waals surface area contributed by atoms with E-state index in [1.807, 2.05) is 36.4 Å². The second-order valence-corrected chi connectivity index (χ2v) is 7.84. The summed E-state index contributed by atoms with van der Waals surface area (Å²) in [6.45, 7) is 6.16. The number of rotatable bonds is 8. The van der Waals surface area contributed by atoms with E-state index in [1.165, 1.54) is 11.8 Å². The minimum absolute atomic E-state index is 0.0453. The lowest BCUT2D eigenvalue weighted by molar-refractivity contribution is -0.127. The third-order valence-electron chi connectivity index (χ3n) is 4.67. The van der Waals surface area contributed by atoms with Gasteiger partial charge in [-0.25, -0.2) is 4.99 Å². The van der Waals surface area contributed by atoms with Crippen LogP contribution in [0, 0.1) is 0 Å². The quantitative estimate of drug-likeness (QED) is 0.639. The first kappa shape index (κ1) is 21.6. The number of nitrogens with zero attached hydrogens (tertiary/aromatic N) is 2. The minimum atomic E-state index is -0.535. The largest absolute Gasteiger partial charge is 0.495 e. The molecule has 1 heterocycles. The molecule has 0 aromatic heterocycles. The fourth-order valence-corrected chi connectivity index (χ4v) is 4.32. The molecule has 1 fully saturated rings. The number of benzene rings is 2. The van der Waals surface area contributed by atoms with Crippen molar-refractivity contribution < 1.29 is 14.3 Å². The molecule has 2 amide bonds. The molecule has 3 rings (SSSR count). The summed E-state index contributed by atoms with van der Waals surface area (Å²) in [5, 5.41) is 2.89. The van der Waals surface area contributed by atoms with E-state index < -0.39 is 5.25 Å². The second kappa shape index (κ2) is 10.1. The average Bonchev–Trinajstić information content (AvgIpc) is 3.03. The highest BCUT2D eigenvalue weighted by atomic mass is 32.2. The predicted octanol–water partition coefficient (Wildman–Crippen LogP) is 4.40. The van der Waals surface area contributed by atoms with E-state index >= 15 is 0 Å². The second-order valence-electron chi connectivity index (χ2n) is 6.67. The van der Waals surface area contributed by atoms with Crippen LogP contribution in [0.15, 0.2) is 66.2 Å². The topological polar surface area (TPSA) is 71.0 Å². The smallest absolute Gasteiger partial charge is 0.242 e. The molecule has 0 bridgehead atoms. The molecule has 30 heavy (non-hydrogen) atoms. The third kappa shape index (κ3) is 4.91. The van der Waals surface area contributed by atoms with Crippen molar-refractivity contribution in [3.8, 4) is 5.75 Å². The number of aryl methyl sites for hydroxylation is 1. The van der Waals surface area contributed by atoms with Crippen LogP contribution in [0.4, 0.5) is 11.4 Å². The number of hydrogen-bond donors (Lipinski definition) is 1. The van der Waals surface area contributed by atoms with E-state index in [2.05, 4.69) is 18.8 Å². The average molecular weight is 424 g/mol. The van der Waals surface area contributed by atoms with Crippen molar-refractivity contribution in [3.05, 3.63) is 66.7 Å². The lowest BCUT2D eigenvalue weighted by atomic mass is 10.1. The number of ether oxygens (including phenoxy) is 1. The monoisotopic (exact) mass is 423 g/mol. The van der Waals surface area contributed by atoms with Gasteiger partial charge in [-0.3, -0.25) is 14.5 Å². The van der Waals surface area contributed by atoms with Crippen LogP contribution >= 0.6 is 11.8 Å². The summed E-state index contributed by atoms with van der Waals surface area (Å²) in [4.78, 5) is 31.9. The number of carbonyl (C=O) groups excluding carboxylic acids is 2. The highest BCUT2D eigenvalue weighted by molar-refractivity contribution is 8.15. The van der Waals surface area contributed by atoms with Gasteiger partial charge in [-0.15, -0.1) is 6.58 Å². The van der Waals surface area contributed by atoms with Gasteiger partial charge in [0.1, 0.15) is 11.0 Å². The van der Waals surface area contributed by atoms with Crippen LogP contribution in [-0.2, 0) is 16.0 Å². The Balaban J connectivity index is 1.78. The molecule has 0 saturated carbocycles. The Kier molecular flexibility index (Phi) is 7.30. The Bertz CT molecular complexity index is 974. The zero-order valence-electron chi connectivity index (χ0n) is 17.1. The molecule has 2 aromatic rings. The Labute approximate surface area is 181 Å². The molecule has 0 spiro atoms. The molecular formula is C23H25N3O3S. The first-order valence-corrected chi connectivity index (χ1v) is 10.6. The molecule has 1 aliphatic rings. The summed E-state index contributed by atoms with van der Waals surface area (Å²) in [5.41, 5.74) is 2.52. The number of thioether (sulfide) groups is 1. The number of amidine groups is 1. The van der Waals surface area contributed by atoms with E-state index in [1.54, 1.807) is 30.2 Å². The molecule has 0 unspecified atom stereocenters. The summed E-state index contributed by atoms with van der Waals surface area (Å²) >= 11 is 1.32. The van der Waals surface area contributed by atoms with Gasteiger partial charge >= 0.3 is 0 Å². The maximum atomic E-state index is 12.9. The number of amides is 2. The molecular weight excluding hydrogens is 398 g/mol. The van der Waals surface area contributed by atoms with Crippen LogP contribution in [0.3, 0.4) is 0 Å².